The molecule has 23 heavy (non-hydrogen) atoms. The minimum atomic E-state index is -0.748. The zero-order valence-corrected chi connectivity index (χ0v) is 14.0. The van der Waals surface area contributed by atoms with Gasteiger partial charge in [0.15, 0.2) is 0 Å². The first-order valence-electron chi connectivity index (χ1n) is 7.40. The number of esters is 1. The highest BCUT2D eigenvalue weighted by Gasteiger charge is 2.27. The molecule has 1 amide bonds. The van der Waals surface area contributed by atoms with Gasteiger partial charge < -0.3 is 14.8 Å². The Balaban J connectivity index is 3.10. The van der Waals surface area contributed by atoms with E-state index in [0.717, 1.165) is 0 Å². The van der Waals surface area contributed by atoms with Gasteiger partial charge in [0.25, 0.3) is 0 Å². The Morgan fingerprint density at radius 1 is 1.26 bits per heavy atom. The van der Waals surface area contributed by atoms with Crippen LogP contribution in [0.15, 0.2) is 48.2 Å². The standard InChI is InChI=1S/C18H23NO4/c1-6-14(16(20)22-7-2)15(13-11-9-8-10-12-13)19-17(21)23-18(3,4)5/h8-12,15H,1,7H2,2-5H3,(H,19,21). The highest BCUT2D eigenvalue weighted by Crippen LogP contribution is 2.23. The molecule has 0 aliphatic rings. The number of rotatable bonds is 5. The molecule has 1 aromatic rings. The summed E-state index contributed by atoms with van der Waals surface area (Å²) in [6.07, 6.45) is -0.636. The van der Waals surface area contributed by atoms with Gasteiger partial charge in [-0.15, -0.1) is 5.73 Å². The van der Waals surface area contributed by atoms with E-state index in [9.17, 15) is 9.59 Å². The van der Waals surface area contributed by atoms with Crippen molar-refractivity contribution in [2.75, 3.05) is 6.61 Å². The minimum Gasteiger partial charge on any atom is -0.462 e. The van der Waals surface area contributed by atoms with E-state index in [1.807, 2.05) is 18.2 Å². The van der Waals surface area contributed by atoms with Crippen molar-refractivity contribution in [3.05, 3.63) is 53.8 Å². The highest BCUT2D eigenvalue weighted by atomic mass is 16.6. The molecule has 0 aromatic heterocycles. The van der Waals surface area contributed by atoms with Crippen molar-refractivity contribution in [3.8, 4) is 0 Å². The van der Waals surface area contributed by atoms with Crippen molar-refractivity contribution in [1.29, 1.82) is 0 Å². The van der Waals surface area contributed by atoms with Crippen molar-refractivity contribution < 1.29 is 19.1 Å². The predicted molar refractivity (Wildman–Crippen MR) is 87.8 cm³/mol. The average molecular weight is 317 g/mol. The molecular weight excluding hydrogens is 294 g/mol. The number of hydrogen-bond acceptors (Lipinski definition) is 4. The van der Waals surface area contributed by atoms with E-state index in [0.29, 0.717) is 5.56 Å². The first-order valence-corrected chi connectivity index (χ1v) is 7.40. The van der Waals surface area contributed by atoms with E-state index in [1.54, 1.807) is 39.8 Å². The molecule has 0 fully saturated rings. The molecule has 1 atom stereocenters. The molecule has 5 nitrogen and oxygen atoms in total. The number of amides is 1. The fraction of sp³-hybridized carbons (Fsp3) is 0.389. The summed E-state index contributed by atoms with van der Waals surface area (Å²) in [5, 5.41) is 2.68. The highest BCUT2D eigenvalue weighted by molar-refractivity contribution is 5.90. The average Bonchev–Trinajstić information content (AvgIpc) is 2.46. The van der Waals surface area contributed by atoms with Gasteiger partial charge in [-0.05, 0) is 33.3 Å². The summed E-state index contributed by atoms with van der Waals surface area (Å²) in [6.45, 7) is 10.8. The van der Waals surface area contributed by atoms with E-state index in [1.165, 1.54) is 0 Å². The lowest BCUT2D eigenvalue weighted by atomic mass is 9.99. The number of nitrogens with one attached hydrogen (secondary N) is 1. The van der Waals surface area contributed by atoms with Crippen LogP contribution in [0, 0.1) is 0 Å². The summed E-state index contributed by atoms with van der Waals surface area (Å²) >= 11 is 0. The third kappa shape index (κ3) is 6.01. The molecule has 124 valence electrons. The van der Waals surface area contributed by atoms with E-state index >= 15 is 0 Å². The summed E-state index contributed by atoms with van der Waals surface area (Å²) in [5.74, 6) is -0.576. The fourth-order valence-corrected chi connectivity index (χ4v) is 1.89. The Morgan fingerprint density at radius 2 is 1.87 bits per heavy atom. The van der Waals surface area contributed by atoms with Crippen LogP contribution < -0.4 is 5.32 Å². The van der Waals surface area contributed by atoms with Crippen molar-refractivity contribution in [3.63, 3.8) is 0 Å². The minimum absolute atomic E-state index is 0.129. The normalized spacial score (nSPS) is 11.8. The summed E-state index contributed by atoms with van der Waals surface area (Å²) in [6, 6.07) is 8.30. The monoisotopic (exact) mass is 317 g/mol. The summed E-state index contributed by atoms with van der Waals surface area (Å²) in [5.41, 5.74) is 2.76. The maximum Gasteiger partial charge on any atom is 0.408 e. The lowest BCUT2D eigenvalue weighted by molar-refractivity contribution is -0.138. The zero-order chi connectivity index (χ0) is 17.5. The van der Waals surface area contributed by atoms with Crippen LogP contribution in [0.4, 0.5) is 4.79 Å². The second-order valence-electron chi connectivity index (χ2n) is 5.80. The Hall–Kier alpha value is -2.52. The van der Waals surface area contributed by atoms with Crippen molar-refractivity contribution in [2.45, 2.75) is 39.3 Å². The van der Waals surface area contributed by atoms with Gasteiger partial charge in [-0.2, -0.15) is 0 Å². The van der Waals surface area contributed by atoms with Gasteiger partial charge in [0.1, 0.15) is 11.2 Å². The molecular formula is C18H23NO4. The molecule has 1 aromatic carbocycles. The number of carbonyl (C=O) groups excluding carboxylic acids is 2. The molecule has 0 bridgehead atoms. The van der Waals surface area contributed by atoms with E-state index in [-0.39, 0.29) is 12.2 Å². The van der Waals surface area contributed by atoms with Crippen LogP contribution in [0.1, 0.15) is 39.3 Å². The number of benzene rings is 1. The maximum absolute atomic E-state index is 12.1. The summed E-state index contributed by atoms with van der Waals surface area (Å²) in [4.78, 5) is 24.2. The second-order valence-corrected chi connectivity index (χ2v) is 5.80. The van der Waals surface area contributed by atoms with E-state index < -0.39 is 23.7 Å². The fourth-order valence-electron chi connectivity index (χ4n) is 1.89. The van der Waals surface area contributed by atoms with Crippen LogP contribution in [0.3, 0.4) is 0 Å². The van der Waals surface area contributed by atoms with Crippen molar-refractivity contribution in [1.82, 2.24) is 5.32 Å². The van der Waals surface area contributed by atoms with Gasteiger partial charge in [0, 0.05) is 0 Å². The molecule has 1 unspecified atom stereocenters. The molecule has 0 aliphatic heterocycles. The Kier molecular flexibility index (Phi) is 6.61. The van der Waals surface area contributed by atoms with Crippen LogP contribution in [0.25, 0.3) is 0 Å². The van der Waals surface area contributed by atoms with Gasteiger partial charge in [0.2, 0.25) is 0 Å². The summed E-state index contributed by atoms with van der Waals surface area (Å²) < 4.78 is 10.3. The van der Waals surface area contributed by atoms with E-state index in [4.69, 9.17) is 9.47 Å². The number of ether oxygens (including phenoxy) is 2. The van der Waals surface area contributed by atoms with Gasteiger partial charge in [-0.1, -0.05) is 36.9 Å². The third-order valence-electron chi connectivity index (χ3n) is 2.77. The van der Waals surface area contributed by atoms with Crippen LogP contribution in [-0.2, 0) is 14.3 Å². The molecule has 0 radical (unpaired) electrons. The van der Waals surface area contributed by atoms with Gasteiger partial charge >= 0.3 is 12.1 Å². The Morgan fingerprint density at radius 3 is 2.35 bits per heavy atom. The Bertz CT molecular complexity index is 595. The smallest absolute Gasteiger partial charge is 0.408 e. The largest absolute Gasteiger partial charge is 0.462 e. The third-order valence-corrected chi connectivity index (χ3v) is 2.77. The van der Waals surface area contributed by atoms with Crippen molar-refractivity contribution in [2.24, 2.45) is 0 Å². The van der Waals surface area contributed by atoms with Crippen LogP contribution in [-0.4, -0.2) is 24.3 Å². The molecule has 0 saturated carbocycles. The Labute approximate surface area is 137 Å². The van der Waals surface area contributed by atoms with Gasteiger partial charge in [-0.3, -0.25) is 0 Å². The zero-order valence-electron chi connectivity index (χ0n) is 14.0. The molecule has 0 heterocycles. The van der Waals surface area contributed by atoms with Crippen molar-refractivity contribution >= 4 is 12.1 Å². The first-order chi connectivity index (χ1) is 10.8. The van der Waals surface area contributed by atoms with Gasteiger partial charge in [0.05, 0.1) is 12.6 Å². The van der Waals surface area contributed by atoms with Gasteiger partial charge in [-0.25, -0.2) is 9.59 Å². The second kappa shape index (κ2) is 8.20. The number of alkyl carbamates (subject to hydrolysis) is 1. The molecule has 0 aliphatic carbocycles. The molecule has 0 saturated heterocycles. The summed E-state index contributed by atoms with van der Waals surface area (Å²) in [7, 11) is 0. The van der Waals surface area contributed by atoms with Crippen LogP contribution in [0.5, 0.6) is 0 Å². The molecule has 1 rings (SSSR count). The van der Waals surface area contributed by atoms with E-state index in [2.05, 4.69) is 17.6 Å². The molecule has 5 heteroatoms. The number of hydrogen-bond donors (Lipinski definition) is 1. The predicted octanol–water partition coefficient (Wildman–Crippen LogP) is 3.53. The molecule has 1 N–H and O–H groups in total. The van der Waals surface area contributed by atoms with Crippen LogP contribution >= 0.6 is 0 Å². The SMILES string of the molecule is C=C=C(C(=O)OCC)C(NC(=O)OC(C)(C)C)c1ccccc1. The molecule has 0 spiro atoms. The first kappa shape index (κ1) is 18.5. The van der Waals surface area contributed by atoms with Crippen LogP contribution in [0.2, 0.25) is 0 Å². The maximum atomic E-state index is 12.1. The quantitative estimate of drug-likeness (QED) is 0.512. The lowest BCUT2D eigenvalue weighted by Crippen LogP contribution is -2.37. The topological polar surface area (TPSA) is 64.6 Å². The number of carbonyl (C=O) groups is 2. The lowest BCUT2D eigenvalue weighted by Gasteiger charge is -2.24.